The molecule has 0 aliphatic rings. The normalized spacial score (nSPS) is 12.1. The van der Waals surface area contributed by atoms with Crippen molar-refractivity contribution < 1.29 is 27.8 Å². The van der Waals surface area contributed by atoms with Crippen LogP contribution in [0, 0.1) is 6.92 Å². The van der Waals surface area contributed by atoms with Gasteiger partial charge in [-0.15, -0.1) is 0 Å². The summed E-state index contributed by atoms with van der Waals surface area (Å²) >= 11 is 0. The quantitative estimate of drug-likeness (QED) is 0.413. The minimum Gasteiger partial charge on any atom is -0.482 e. The SMILES string of the molecule is Cc1cn(-c2ccccc2OCC(F)(F)F)c(=O)c2c(C(=O)Nc3ccc(C(C)(C)O)cc3)cnn12. The molecule has 0 bridgehead atoms. The molecule has 8 nitrogen and oxygen atoms in total. The van der Waals surface area contributed by atoms with Crippen molar-refractivity contribution in [2.24, 2.45) is 0 Å². The third kappa shape index (κ3) is 5.10. The number of benzene rings is 2. The zero-order chi connectivity index (χ0) is 26.3. The molecule has 0 saturated carbocycles. The minimum atomic E-state index is -4.56. The van der Waals surface area contributed by atoms with E-state index < -0.39 is 29.9 Å². The first-order valence-corrected chi connectivity index (χ1v) is 10.9. The first kappa shape index (κ1) is 25.0. The molecular formula is C25H23F3N4O4. The van der Waals surface area contributed by atoms with Crippen molar-refractivity contribution in [3.05, 3.63) is 88.1 Å². The summed E-state index contributed by atoms with van der Waals surface area (Å²) in [7, 11) is 0. The lowest BCUT2D eigenvalue weighted by molar-refractivity contribution is -0.153. The van der Waals surface area contributed by atoms with Gasteiger partial charge in [0.05, 0.1) is 28.7 Å². The topological polar surface area (TPSA) is 97.9 Å². The number of aromatic nitrogens is 3. The molecule has 0 atom stereocenters. The molecule has 188 valence electrons. The molecule has 0 fully saturated rings. The molecule has 36 heavy (non-hydrogen) atoms. The lowest BCUT2D eigenvalue weighted by Crippen LogP contribution is -2.25. The summed E-state index contributed by atoms with van der Waals surface area (Å²) in [5.74, 6) is -0.741. The van der Waals surface area contributed by atoms with Gasteiger partial charge in [0.1, 0.15) is 11.3 Å². The van der Waals surface area contributed by atoms with Crippen LogP contribution in [0.3, 0.4) is 0 Å². The highest BCUT2D eigenvalue weighted by atomic mass is 19.4. The van der Waals surface area contributed by atoms with Crippen molar-refractivity contribution in [1.82, 2.24) is 14.2 Å². The zero-order valence-corrected chi connectivity index (χ0v) is 19.6. The Labute approximate surface area is 203 Å². The van der Waals surface area contributed by atoms with Crippen LogP contribution in [0.5, 0.6) is 5.75 Å². The third-order valence-corrected chi connectivity index (χ3v) is 5.45. The number of nitrogens with zero attached hydrogens (tertiary/aromatic N) is 3. The van der Waals surface area contributed by atoms with E-state index in [1.54, 1.807) is 51.1 Å². The number of rotatable bonds is 6. The number of para-hydroxylation sites is 2. The van der Waals surface area contributed by atoms with Gasteiger partial charge < -0.3 is 15.2 Å². The minimum absolute atomic E-state index is 0.0160. The molecule has 4 rings (SSSR count). The summed E-state index contributed by atoms with van der Waals surface area (Å²) in [6.45, 7) is 3.40. The van der Waals surface area contributed by atoms with E-state index in [4.69, 9.17) is 4.74 Å². The van der Waals surface area contributed by atoms with Crippen LogP contribution in [0.15, 0.2) is 65.7 Å². The van der Waals surface area contributed by atoms with Crippen LogP contribution >= 0.6 is 0 Å². The molecule has 2 aromatic heterocycles. The number of aliphatic hydroxyl groups is 1. The van der Waals surface area contributed by atoms with Crippen LogP contribution in [-0.2, 0) is 5.60 Å². The maximum atomic E-state index is 13.4. The molecule has 0 radical (unpaired) electrons. The Morgan fingerprint density at radius 3 is 2.42 bits per heavy atom. The van der Waals surface area contributed by atoms with Crippen LogP contribution in [0.2, 0.25) is 0 Å². The number of hydrogen-bond acceptors (Lipinski definition) is 5. The van der Waals surface area contributed by atoms with E-state index in [2.05, 4.69) is 10.4 Å². The van der Waals surface area contributed by atoms with Gasteiger partial charge in [0, 0.05) is 11.9 Å². The Balaban J connectivity index is 1.73. The van der Waals surface area contributed by atoms with E-state index in [-0.39, 0.29) is 22.5 Å². The fourth-order valence-electron chi connectivity index (χ4n) is 3.68. The lowest BCUT2D eigenvalue weighted by Gasteiger charge is -2.18. The van der Waals surface area contributed by atoms with Gasteiger partial charge in [-0.05, 0) is 50.6 Å². The number of nitrogens with one attached hydrogen (secondary N) is 1. The van der Waals surface area contributed by atoms with Gasteiger partial charge in [0.2, 0.25) is 0 Å². The standard InChI is InChI=1S/C25H23F3N4O4/c1-15-13-31(19-6-4-5-7-20(19)36-14-25(26,27)28)23(34)21-18(12-29-32(15)21)22(33)30-17-10-8-16(9-11-17)24(2,3)35/h4-13,35H,14H2,1-3H3,(H,30,33). The van der Waals surface area contributed by atoms with Gasteiger partial charge in [-0.3, -0.25) is 14.2 Å². The first-order valence-electron chi connectivity index (χ1n) is 10.9. The third-order valence-electron chi connectivity index (χ3n) is 5.45. The number of ether oxygens (including phenoxy) is 1. The fraction of sp³-hybridized carbons (Fsp3) is 0.240. The molecule has 2 N–H and O–H groups in total. The zero-order valence-electron chi connectivity index (χ0n) is 19.6. The summed E-state index contributed by atoms with van der Waals surface area (Å²) < 4.78 is 45.5. The van der Waals surface area contributed by atoms with Gasteiger partial charge in [-0.2, -0.15) is 18.3 Å². The summed E-state index contributed by atoms with van der Waals surface area (Å²) in [5, 5.41) is 16.9. The summed E-state index contributed by atoms with van der Waals surface area (Å²) in [6, 6.07) is 12.4. The molecule has 0 spiro atoms. The van der Waals surface area contributed by atoms with Gasteiger partial charge in [0.15, 0.2) is 6.61 Å². The largest absolute Gasteiger partial charge is 0.482 e. The molecule has 11 heteroatoms. The van der Waals surface area contributed by atoms with Gasteiger partial charge in [0.25, 0.3) is 11.5 Å². The smallest absolute Gasteiger partial charge is 0.422 e. The van der Waals surface area contributed by atoms with Crippen molar-refractivity contribution in [3.8, 4) is 11.4 Å². The van der Waals surface area contributed by atoms with Crippen molar-refractivity contribution in [1.29, 1.82) is 0 Å². The number of aryl methyl sites for hydroxylation is 1. The lowest BCUT2D eigenvalue weighted by atomic mass is 9.98. The average Bonchev–Trinajstić information content (AvgIpc) is 3.26. The van der Waals surface area contributed by atoms with Crippen LogP contribution in [0.1, 0.15) is 35.5 Å². The maximum Gasteiger partial charge on any atom is 0.422 e. The summed E-state index contributed by atoms with van der Waals surface area (Å²) in [5.41, 5.74) is -0.135. The molecular weight excluding hydrogens is 477 g/mol. The van der Waals surface area contributed by atoms with Crippen LogP contribution in [0.4, 0.5) is 18.9 Å². The fourth-order valence-corrected chi connectivity index (χ4v) is 3.68. The number of amides is 1. The van der Waals surface area contributed by atoms with Crippen molar-refractivity contribution in [2.75, 3.05) is 11.9 Å². The summed E-state index contributed by atoms with van der Waals surface area (Å²) in [4.78, 5) is 26.5. The first-order chi connectivity index (χ1) is 16.8. The highest BCUT2D eigenvalue weighted by molar-refractivity contribution is 6.08. The van der Waals surface area contributed by atoms with E-state index >= 15 is 0 Å². The molecule has 1 amide bonds. The number of fused-ring (bicyclic) bond motifs is 1. The molecule has 2 aromatic carbocycles. The Kier molecular flexibility index (Phi) is 6.35. The van der Waals surface area contributed by atoms with Crippen LogP contribution < -0.4 is 15.6 Å². The summed E-state index contributed by atoms with van der Waals surface area (Å²) in [6.07, 6.45) is -1.89. The van der Waals surface area contributed by atoms with E-state index in [0.29, 0.717) is 16.9 Å². The second-order valence-electron chi connectivity index (χ2n) is 8.73. The van der Waals surface area contributed by atoms with E-state index in [1.165, 1.54) is 35.1 Å². The molecule has 2 heterocycles. The maximum absolute atomic E-state index is 13.4. The van der Waals surface area contributed by atoms with Gasteiger partial charge in [-0.1, -0.05) is 24.3 Å². The molecule has 0 unspecified atom stereocenters. The van der Waals surface area contributed by atoms with Crippen molar-refractivity contribution >= 4 is 17.1 Å². The highest BCUT2D eigenvalue weighted by Gasteiger charge is 2.29. The number of carbonyl (C=O) groups excluding carboxylic acids is 1. The highest BCUT2D eigenvalue weighted by Crippen LogP contribution is 2.26. The number of hydrogen-bond donors (Lipinski definition) is 2. The average molecular weight is 500 g/mol. The Bertz CT molecular complexity index is 1480. The van der Waals surface area contributed by atoms with Gasteiger partial charge in [-0.25, -0.2) is 4.52 Å². The van der Waals surface area contributed by atoms with E-state index in [9.17, 15) is 27.9 Å². The van der Waals surface area contributed by atoms with Gasteiger partial charge >= 0.3 is 6.18 Å². The monoisotopic (exact) mass is 500 g/mol. The molecule has 0 aliphatic heterocycles. The Morgan fingerprint density at radius 1 is 1.11 bits per heavy atom. The Hall–Kier alpha value is -4.12. The number of halogens is 3. The van der Waals surface area contributed by atoms with Crippen LogP contribution in [0.25, 0.3) is 11.2 Å². The van der Waals surface area contributed by atoms with Crippen molar-refractivity contribution in [2.45, 2.75) is 32.5 Å². The van der Waals surface area contributed by atoms with E-state index in [0.717, 1.165) is 4.57 Å². The number of alkyl halides is 3. The molecule has 4 aromatic rings. The Morgan fingerprint density at radius 2 is 1.78 bits per heavy atom. The predicted molar refractivity (Wildman–Crippen MR) is 127 cm³/mol. The van der Waals surface area contributed by atoms with Crippen LogP contribution in [-0.4, -0.2) is 38.0 Å². The number of carbonyl (C=O) groups is 1. The second-order valence-corrected chi connectivity index (χ2v) is 8.73. The predicted octanol–water partition coefficient (Wildman–Crippen LogP) is 4.21. The second kappa shape index (κ2) is 9.15. The van der Waals surface area contributed by atoms with E-state index in [1.807, 2.05) is 0 Å². The van der Waals surface area contributed by atoms with Crippen molar-refractivity contribution in [3.63, 3.8) is 0 Å². The molecule has 0 saturated heterocycles. The molecule has 0 aliphatic carbocycles. The number of anilines is 1.